The van der Waals surface area contributed by atoms with E-state index in [0.717, 1.165) is 0 Å². The number of hydrogen-bond donors (Lipinski definition) is 1. The van der Waals surface area contributed by atoms with Crippen LogP contribution in [0.25, 0.3) is 0 Å². The van der Waals surface area contributed by atoms with Gasteiger partial charge in [0.1, 0.15) is 4.21 Å². The van der Waals surface area contributed by atoms with Gasteiger partial charge in [-0.3, -0.25) is 9.69 Å². The molecule has 2 heterocycles. The summed E-state index contributed by atoms with van der Waals surface area (Å²) in [5.74, 6) is -0.0212. The van der Waals surface area contributed by atoms with Gasteiger partial charge in [0.2, 0.25) is 5.91 Å². The summed E-state index contributed by atoms with van der Waals surface area (Å²) in [5.41, 5.74) is -0.268. The highest BCUT2D eigenvalue weighted by molar-refractivity contribution is 7.91. The Balaban J connectivity index is 1.95. The fourth-order valence-electron chi connectivity index (χ4n) is 2.51. The van der Waals surface area contributed by atoms with E-state index in [1.165, 1.54) is 15.6 Å². The molecule has 0 unspecified atom stereocenters. The largest absolute Gasteiger partial charge is 0.350 e. The van der Waals surface area contributed by atoms with Crippen molar-refractivity contribution in [2.45, 2.75) is 43.5 Å². The number of nitrogens with zero attached hydrogens (tertiary/aromatic N) is 2. The molecule has 2 rings (SSSR count). The van der Waals surface area contributed by atoms with Gasteiger partial charge in [-0.15, -0.1) is 11.3 Å². The minimum Gasteiger partial charge on any atom is -0.350 e. The quantitative estimate of drug-likeness (QED) is 0.881. The highest BCUT2D eigenvalue weighted by Gasteiger charge is 2.32. The van der Waals surface area contributed by atoms with Gasteiger partial charge in [0.25, 0.3) is 10.0 Å². The molecule has 6 nitrogen and oxygen atoms in total. The van der Waals surface area contributed by atoms with Crippen molar-refractivity contribution in [2.24, 2.45) is 0 Å². The van der Waals surface area contributed by atoms with Crippen molar-refractivity contribution in [1.29, 1.82) is 0 Å². The van der Waals surface area contributed by atoms with Crippen LogP contribution in [0.1, 0.15) is 27.7 Å². The van der Waals surface area contributed by atoms with Crippen LogP contribution in [0.5, 0.6) is 0 Å². The SMILES string of the molecule is C[C@H](C(=O)NC(C)(C)C)N1CCN(S(=O)(=O)c2cccs2)CC1. The average molecular weight is 360 g/mol. The van der Waals surface area contributed by atoms with Gasteiger partial charge >= 0.3 is 0 Å². The van der Waals surface area contributed by atoms with Gasteiger partial charge < -0.3 is 5.32 Å². The lowest BCUT2D eigenvalue weighted by molar-refractivity contribution is -0.127. The van der Waals surface area contributed by atoms with Crippen LogP contribution in [0.3, 0.4) is 0 Å². The van der Waals surface area contributed by atoms with E-state index in [1.54, 1.807) is 17.5 Å². The zero-order valence-corrected chi connectivity index (χ0v) is 15.7. The maximum absolute atomic E-state index is 12.5. The normalized spacial score (nSPS) is 19.5. The molecular weight excluding hydrogens is 334 g/mol. The molecule has 1 aromatic rings. The van der Waals surface area contributed by atoms with Gasteiger partial charge in [0, 0.05) is 31.7 Å². The summed E-state index contributed by atoms with van der Waals surface area (Å²) in [6.45, 7) is 9.65. The van der Waals surface area contributed by atoms with Gasteiger partial charge in [-0.1, -0.05) is 6.07 Å². The van der Waals surface area contributed by atoms with Gasteiger partial charge in [-0.05, 0) is 39.1 Å². The first-order valence-corrected chi connectivity index (χ1v) is 10.0. The first-order chi connectivity index (χ1) is 10.6. The first-order valence-electron chi connectivity index (χ1n) is 7.71. The van der Waals surface area contributed by atoms with Gasteiger partial charge in [0.15, 0.2) is 0 Å². The summed E-state index contributed by atoms with van der Waals surface area (Å²) >= 11 is 1.23. The summed E-state index contributed by atoms with van der Waals surface area (Å²) in [7, 11) is -3.39. The summed E-state index contributed by atoms with van der Waals surface area (Å²) in [6, 6.07) is 3.11. The second-order valence-electron chi connectivity index (χ2n) is 6.79. The van der Waals surface area contributed by atoms with E-state index in [2.05, 4.69) is 5.32 Å². The van der Waals surface area contributed by atoms with Crippen LogP contribution in [-0.2, 0) is 14.8 Å². The van der Waals surface area contributed by atoms with E-state index in [9.17, 15) is 13.2 Å². The number of carbonyl (C=O) groups is 1. The number of rotatable bonds is 4. The highest BCUT2D eigenvalue weighted by atomic mass is 32.2. The van der Waals surface area contributed by atoms with Crippen LogP contribution in [0, 0.1) is 0 Å². The Labute approximate surface area is 142 Å². The molecule has 0 radical (unpaired) electrons. The Morgan fingerprint density at radius 1 is 1.26 bits per heavy atom. The maximum atomic E-state index is 12.5. The summed E-state index contributed by atoms with van der Waals surface area (Å²) in [6.07, 6.45) is 0. The Morgan fingerprint density at radius 2 is 1.87 bits per heavy atom. The molecule has 1 saturated heterocycles. The number of nitrogens with one attached hydrogen (secondary N) is 1. The number of carbonyl (C=O) groups excluding carboxylic acids is 1. The van der Waals surface area contributed by atoms with Gasteiger partial charge in [-0.2, -0.15) is 4.31 Å². The number of sulfonamides is 1. The van der Waals surface area contributed by atoms with Crippen molar-refractivity contribution in [1.82, 2.24) is 14.5 Å². The summed E-state index contributed by atoms with van der Waals surface area (Å²) in [4.78, 5) is 14.3. The molecule has 130 valence electrons. The van der Waals surface area contributed by atoms with E-state index < -0.39 is 10.0 Å². The fourth-order valence-corrected chi connectivity index (χ4v) is 5.08. The number of hydrogen-bond acceptors (Lipinski definition) is 5. The molecule has 0 spiro atoms. The van der Waals surface area contributed by atoms with E-state index in [-0.39, 0.29) is 17.5 Å². The van der Waals surface area contributed by atoms with Crippen LogP contribution < -0.4 is 5.32 Å². The Kier molecular flexibility index (Phi) is 5.50. The van der Waals surface area contributed by atoms with E-state index in [4.69, 9.17) is 0 Å². The third-order valence-electron chi connectivity index (χ3n) is 3.79. The van der Waals surface area contributed by atoms with Crippen molar-refractivity contribution in [2.75, 3.05) is 26.2 Å². The number of piperazine rings is 1. The monoisotopic (exact) mass is 359 g/mol. The van der Waals surface area contributed by atoms with E-state index in [1.807, 2.05) is 32.6 Å². The van der Waals surface area contributed by atoms with Crippen LogP contribution >= 0.6 is 11.3 Å². The molecule has 1 amide bonds. The van der Waals surface area contributed by atoms with Crippen LogP contribution in [0.15, 0.2) is 21.7 Å². The lowest BCUT2D eigenvalue weighted by Crippen LogP contribution is -2.56. The third kappa shape index (κ3) is 4.53. The Bertz CT molecular complexity index is 627. The molecule has 0 aliphatic carbocycles. The van der Waals surface area contributed by atoms with E-state index in [0.29, 0.717) is 30.4 Å². The third-order valence-corrected chi connectivity index (χ3v) is 7.06. The lowest BCUT2D eigenvalue weighted by Gasteiger charge is -2.37. The van der Waals surface area contributed by atoms with Crippen molar-refractivity contribution < 1.29 is 13.2 Å². The zero-order chi connectivity index (χ0) is 17.3. The molecule has 23 heavy (non-hydrogen) atoms. The van der Waals surface area contributed by atoms with Crippen molar-refractivity contribution in [3.63, 3.8) is 0 Å². The van der Waals surface area contributed by atoms with Crippen LogP contribution in [0.4, 0.5) is 0 Å². The molecule has 0 bridgehead atoms. The van der Waals surface area contributed by atoms with Gasteiger partial charge in [0.05, 0.1) is 6.04 Å². The van der Waals surface area contributed by atoms with Gasteiger partial charge in [-0.25, -0.2) is 8.42 Å². The molecule has 1 aromatic heterocycles. The molecular formula is C15H25N3O3S2. The maximum Gasteiger partial charge on any atom is 0.252 e. The molecule has 1 atom stereocenters. The van der Waals surface area contributed by atoms with Crippen molar-refractivity contribution in [3.05, 3.63) is 17.5 Å². The standard InChI is InChI=1S/C15H25N3O3S2/c1-12(14(19)16-15(2,3)4)17-7-9-18(10-8-17)23(20,21)13-6-5-11-22-13/h5-6,11-12H,7-10H2,1-4H3,(H,16,19)/t12-/m1/s1. The molecule has 0 aromatic carbocycles. The molecule has 8 heteroatoms. The minimum absolute atomic E-state index is 0.0212. The molecule has 1 fully saturated rings. The Morgan fingerprint density at radius 3 is 2.35 bits per heavy atom. The second kappa shape index (κ2) is 6.88. The van der Waals surface area contributed by atoms with Crippen LogP contribution in [0.2, 0.25) is 0 Å². The first kappa shape index (κ1) is 18.4. The molecule has 1 aliphatic heterocycles. The minimum atomic E-state index is -3.39. The second-order valence-corrected chi connectivity index (χ2v) is 9.90. The van der Waals surface area contributed by atoms with Crippen molar-refractivity contribution in [3.8, 4) is 0 Å². The topological polar surface area (TPSA) is 69.7 Å². The highest BCUT2D eigenvalue weighted by Crippen LogP contribution is 2.22. The lowest BCUT2D eigenvalue weighted by atomic mass is 10.1. The molecule has 0 saturated carbocycles. The number of amides is 1. The summed E-state index contributed by atoms with van der Waals surface area (Å²) in [5, 5.41) is 4.74. The summed E-state index contributed by atoms with van der Waals surface area (Å²) < 4.78 is 26.9. The van der Waals surface area contributed by atoms with Crippen LogP contribution in [-0.4, -0.2) is 61.3 Å². The van der Waals surface area contributed by atoms with E-state index >= 15 is 0 Å². The number of thiophene rings is 1. The molecule has 1 N–H and O–H groups in total. The zero-order valence-electron chi connectivity index (χ0n) is 14.1. The Hall–Kier alpha value is -0.960. The predicted molar refractivity (Wildman–Crippen MR) is 92.0 cm³/mol. The average Bonchev–Trinajstić information content (AvgIpc) is 2.99. The molecule has 1 aliphatic rings. The fraction of sp³-hybridized carbons (Fsp3) is 0.667. The van der Waals surface area contributed by atoms with Crippen molar-refractivity contribution >= 4 is 27.3 Å². The smallest absolute Gasteiger partial charge is 0.252 e. The predicted octanol–water partition coefficient (Wildman–Crippen LogP) is 1.36.